The van der Waals surface area contributed by atoms with Crippen LogP contribution in [0.15, 0.2) is 70.2 Å². The molecule has 0 fully saturated rings. The maximum atomic E-state index is 12.7. The van der Waals surface area contributed by atoms with E-state index in [0.29, 0.717) is 33.6 Å². The van der Waals surface area contributed by atoms with E-state index in [0.717, 1.165) is 0 Å². The van der Waals surface area contributed by atoms with Gasteiger partial charge in [-0.15, -0.1) is 11.8 Å². The van der Waals surface area contributed by atoms with Crippen molar-refractivity contribution >= 4 is 29.5 Å². The summed E-state index contributed by atoms with van der Waals surface area (Å²) in [7, 11) is 0. The number of rotatable bonds is 8. The first kappa shape index (κ1) is 22.8. The van der Waals surface area contributed by atoms with Crippen LogP contribution < -0.4 is 5.32 Å². The van der Waals surface area contributed by atoms with Crippen molar-refractivity contribution in [3.8, 4) is 11.8 Å². The Balaban J connectivity index is 1.40. The second-order valence-electron chi connectivity index (χ2n) is 6.91. The van der Waals surface area contributed by atoms with Crippen molar-refractivity contribution in [1.82, 2.24) is 19.9 Å². The Bertz CT molecular complexity index is 1360. The minimum Gasteiger partial charge on any atom is -0.452 e. The lowest BCUT2D eigenvalue weighted by molar-refractivity contribution is -0.119. The molecule has 0 spiro atoms. The predicted molar refractivity (Wildman–Crippen MR) is 122 cm³/mol. The quantitative estimate of drug-likeness (QED) is 0.300. The van der Waals surface area contributed by atoms with Gasteiger partial charge >= 0.3 is 5.97 Å². The van der Waals surface area contributed by atoms with Gasteiger partial charge in [-0.3, -0.25) is 4.79 Å². The summed E-state index contributed by atoms with van der Waals surface area (Å²) < 4.78 is 11.8. The Morgan fingerprint density at radius 1 is 1.18 bits per heavy atom. The molecule has 11 heteroatoms. The Morgan fingerprint density at radius 2 is 1.94 bits per heavy atom. The molecular weight excluding hydrogens is 456 g/mol. The number of aromatic nitrogens is 4. The van der Waals surface area contributed by atoms with Crippen molar-refractivity contribution in [2.45, 2.75) is 17.6 Å². The standard InChI is InChI=1S/C23H18N6O4S/c1-15-26-21(33-28-15)14-34-19-10-6-5-9-18(19)23(31)32-13-20(30)27-22-16(11-24)12-25-29(22)17-7-3-2-4-8-17/h2-10,12H,13-14H2,1H3,(H,27,30). The second kappa shape index (κ2) is 10.5. The van der Waals surface area contributed by atoms with E-state index < -0.39 is 18.5 Å². The number of nitrogens with zero attached hydrogens (tertiary/aromatic N) is 5. The van der Waals surface area contributed by atoms with Crippen molar-refractivity contribution in [2.75, 3.05) is 11.9 Å². The largest absolute Gasteiger partial charge is 0.452 e. The van der Waals surface area contributed by atoms with Crippen LogP contribution in [0.25, 0.3) is 5.69 Å². The Labute approximate surface area is 198 Å². The van der Waals surface area contributed by atoms with Gasteiger partial charge in [0.2, 0.25) is 5.89 Å². The minimum absolute atomic E-state index is 0.182. The molecule has 4 rings (SSSR count). The molecule has 2 aromatic heterocycles. The molecule has 34 heavy (non-hydrogen) atoms. The molecule has 0 atom stereocenters. The molecular formula is C23H18N6O4S. The SMILES string of the molecule is Cc1noc(CSc2ccccc2C(=O)OCC(=O)Nc2c(C#N)cnn2-c2ccccc2)n1. The molecule has 2 aromatic carbocycles. The van der Waals surface area contributed by atoms with Gasteiger partial charge < -0.3 is 14.6 Å². The van der Waals surface area contributed by atoms with Gasteiger partial charge in [0.1, 0.15) is 11.6 Å². The number of carbonyl (C=O) groups excluding carboxylic acids is 2. The molecule has 0 unspecified atom stereocenters. The average molecular weight is 475 g/mol. The zero-order valence-corrected chi connectivity index (χ0v) is 18.8. The first-order valence-corrected chi connectivity index (χ1v) is 11.0. The molecule has 0 radical (unpaired) electrons. The number of esters is 1. The number of carbonyl (C=O) groups is 2. The molecule has 10 nitrogen and oxygen atoms in total. The summed E-state index contributed by atoms with van der Waals surface area (Å²) in [6.45, 7) is 1.19. The third kappa shape index (κ3) is 5.31. The summed E-state index contributed by atoms with van der Waals surface area (Å²) in [5.41, 5.74) is 1.16. The zero-order chi connectivity index (χ0) is 23.9. The number of hydrogen-bond donors (Lipinski definition) is 1. The van der Waals surface area contributed by atoms with Gasteiger partial charge in [-0.25, -0.2) is 9.48 Å². The number of benzene rings is 2. The zero-order valence-electron chi connectivity index (χ0n) is 18.0. The molecule has 0 saturated heterocycles. The molecule has 170 valence electrons. The van der Waals surface area contributed by atoms with Gasteiger partial charge in [-0.1, -0.05) is 35.5 Å². The van der Waals surface area contributed by atoms with E-state index >= 15 is 0 Å². The molecule has 1 N–H and O–H groups in total. The lowest BCUT2D eigenvalue weighted by Crippen LogP contribution is -2.23. The fourth-order valence-electron chi connectivity index (χ4n) is 2.99. The van der Waals surface area contributed by atoms with E-state index in [2.05, 4.69) is 20.6 Å². The summed E-state index contributed by atoms with van der Waals surface area (Å²) in [5.74, 6) is 0.286. The van der Waals surface area contributed by atoms with E-state index in [4.69, 9.17) is 9.26 Å². The number of nitrogens with one attached hydrogen (secondary N) is 1. The van der Waals surface area contributed by atoms with Gasteiger partial charge in [0.25, 0.3) is 5.91 Å². The highest BCUT2D eigenvalue weighted by Gasteiger charge is 2.18. The molecule has 1 amide bonds. The summed E-state index contributed by atoms with van der Waals surface area (Å²) in [4.78, 5) is 30.0. The van der Waals surface area contributed by atoms with Crippen LogP contribution in [-0.4, -0.2) is 38.4 Å². The van der Waals surface area contributed by atoms with Crippen molar-refractivity contribution < 1.29 is 18.8 Å². The minimum atomic E-state index is -0.656. The average Bonchev–Trinajstić information content (AvgIpc) is 3.47. The van der Waals surface area contributed by atoms with Crippen LogP contribution in [0, 0.1) is 18.3 Å². The second-order valence-corrected chi connectivity index (χ2v) is 7.93. The van der Waals surface area contributed by atoms with Crippen LogP contribution in [0.1, 0.15) is 27.6 Å². The number of amides is 1. The Hall–Kier alpha value is -4.43. The highest BCUT2D eigenvalue weighted by Crippen LogP contribution is 2.26. The lowest BCUT2D eigenvalue weighted by Gasteiger charge is -2.11. The highest BCUT2D eigenvalue weighted by molar-refractivity contribution is 7.98. The molecule has 4 aromatic rings. The molecule has 0 aliphatic rings. The van der Waals surface area contributed by atoms with Gasteiger partial charge in [-0.05, 0) is 31.2 Å². The predicted octanol–water partition coefficient (Wildman–Crippen LogP) is 3.52. The molecule has 0 bridgehead atoms. The smallest absolute Gasteiger partial charge is 0.339 e. The fourth-order valence-corrected chi connectivity index (χ4v) is 3.87. The van der Waals surface area contributed by atoms with Crippen molar-refractivity contribution in [2.24, 2.45) is 0 Å². The van der Waals surface area contributed by atoms with Gasteiger partial charge in [-0.2, -0.15) is 15.3 Å². The maximum absolute atomic E-state index is 12.7. The first-order chi connectivity index (χ1) is 16.5. The van der Waals surface area contributed by atoms with E-state index in [1.165, 1.54) is 22.6 Å². The first-order valence-electron chi connectivity index (χ1n) is 10.1. The molecule has 0 aliphatic heterocycles. The highest BCUT2D eigenvalue weighted by atomic mass is 32.2. The van der Waals surface area contributed by atoms with Crippen LogP contribution in [0.3, 0.4) is 0 Å². The van der Waals surface area contributed by atoms with Crippen molar-refractivity contribution in [3.05, 3.63) is 83.6 Å². The molecule has 0 aliphatic carbocycles. The molecule has 0 saturated carbocycles. The van der Waals surface area contributed by atoms with Crippen LogP contribution in [-0.2, 0) is 15.3 Å². The lowest BCUT2D eigenvalue weighted by atomic mass is 10.2. The number of anilines is 1. The van der Waals surface area contributed by atoms with Gasteiger partial charge in [0.15, 0.2) is 18.2 Å². The monoisotopic (exact) mass is 474 g/mol. The van der Waals surface area contributed by atoms with Crippen LogP contribution >= 0.6 is 11.8 Å². The third-order valence-corrected chi connectivity index (χ3v) is 5.57. The van der Waals surface area contributed by atoms with Crippen molar-refractivity contribution in [1.29, 1.82) is 5.26 Å². The Kier molecular flexibility index (Phi) is 7.00. The van der Waals surface area contributed by atoms with E-state index in [9.17, 15) is 14.9 Å². The van der Waals surface area contributed by atoms with Crippen molar-refractivity contribution in [3.63, 3.8) is 0 Å². The maximum Gasteiger partial charge on any atom is 0.339 e. The van der Waals surface area contributed by atoms with E-state index in [1.807, 2.05) is 24.3 Å². The van der Waals surface area contributed by atoms with E-state index in [1.54, 1.807) is 43.3 Å². The number of aryl methyl sites for hydroxylation is 1. The topological polar surface area (TPSA) is 136 Å². The number of hydrogen-bond acceptors (Lipinski definition) is 9. The number of thioether (sulfide) groups is 1. The van der Waals surface area contributed by atoms with Crippen LogP contribution in [0.2, 0.25) is 0 Å². The summed E-state index contributed by atoms with van der Waals surface area (Å²) in [6.07, 6.45) is 1.35. The van der Waals surface area contributed by atoms with Crippen LogP contribution in [0.5, 0.6) is 0 Å². The number of ether oxygens (including phenoxy) is 1. The summed E-state index contributed by atoms with van der Waals surface area (Å²) in [6, 6.07) is 17.9. The van der Waals surface area contributed by atoms with Crippen LogP contribution in [0.4, 0.5) is 5.82 Å². The third-order valence-electron chi connectivity index (χ3n) is 4.51. The Morgan fingerprint density at radius 3 is 2.68 bits per heavy atom. The fraction of sp³-hybridized carbons (Fsp3) is 0.130. The normalized spacial score (nSPS) is 10.5. The van der Waals surface area contributed by atoms with Gasteiger partial charge in [0.05, 0.1) is 23.2 Å². The molecule has 2 heterocycles. The summed E-state index contributed by atoms with van der Waals surface area (Å²) >= 11 is 1.34. The summed E-state index contributed by atoms with van der Waals surface area (Å²) in [5, 5.41) is 19.9. The number of para-hydroxylation sites is 1. The number of nitriles is 1. The van der Waals surface area contributed by atoms with Gasteiger partial charge in [0, 0.05) is 4.90 Å². The van der Waals surface area contributed by atoms with E-state index in [-0.39, 0.29) is 11.4 Å².